The van der Waals surface area contributed by atoms with Gasteiger partial charge in [-0.3, -0.25) is 0 Å². The Bertz CT molecular complexity index is 882. The molecule has 3 rings (SSSR count). The van der Waals surface area contributed by atoms with E-state index in [1.165, 1.54) is 83.5 Å². The highest BCUT2D eigenvalue weighted by molar-refractivity contribution is 5.81. The van der Waals surface area contributed by atoms with Crippen LogP contribution in [0.15, 0.2) is 30.3 Å². The van der Waals surface area contributed by atoms with Crippen molar-refractivity contribution in [1.29, 1.82) is 0 Å². The van der Waals surface area contributed by atoms with Crippen LogP contribution in [0.25, 0.3) is 0 Å². The molecule has 6 heteroatoms. The summed E-state index contributed by atoms with van der Waals surface area (Å²) < 4.78 is 6.64. The maximum Gasteiger partial charge on any atom is 0.343 e. The number of rotatable bonds is 20. The highest BCUT2D eigenvalue weighted by Crippen LogP contribution is 2.42. The van der Waals surface area contributed by atoms with Crippen molar-refractivity contribution < 1.29 is 29.0 Å². The molecule has 1 aliphatic heterocycles. The monoisotopic (exact) mass is 601 g/mol. The van der Waals surface area contributed by atoms with Crippen LogP contribution in [0.5, 0.6) is 0 Å². The fourth-order valence-electron chi connectivity index (χ4n) is 6.76. The quantitative estimate of drug-likeness (QED) is 0.0953. The number of unbranched alkanes of at least 4 members (excludes halogenated alkanes) is 14. The predicted molar refractivity (Wildman–Crippen MR) is 173 cm³/mol. The molecular formula is C37H63NO5. The number of quaternary nitrogens is 1. The molecule has 1 heterocycles. The van der Waals surface area contributed by atoms with Crippen LogP contribution in [0.2, 0.25) is 0 Å². The molecular weight excluding hydrogens is 538 g/mol. The van der Waals surface area contributed by atoms with Crippen LogP contribution in [0.4, 0.5) is 0 Å². The molecule has 2 aliphatic rings. The van der Waals surface area contributed by atoms with Crippen molar-refractivity contribution in [2.24, 2.45) is 5.92 Å². The van der Waals surface area contributed by atoms with Gasteiger partial charge in [-0.2, -0.15) is 0 Å². The third kappa shape index (κ3) is 14.6. The van der Waals surface area contributed by atoms with Crippen LogP contribution in [-0.4, -0.2) is 54.8 Å². The molecule has 0 amide bonds. The summed E-state index contributed by atoms with van der Waals surface area (Å²) in [7, 11) is 4.29. The van der Waals surface area contributed by atoms with Gasteiger partial charge in [-0.1, -0.05) is 140 Å². The predicted octanol–water partition coefficient (Wildman–Crippen LogP) is 7.45. The first-order chi connectivity index (χ1) is 20.7. The third-order valence-corrected chi connectivity index (χ3v) is 9.48. The first-order valence-electron chi connectivity index (χ1n) is 17.7. The van der Waals surface area contributed by atoms with Gasteiger partial charge in [0.1, 0.15) is 6.54 Å². The average Bonchev–Trinajstić information content (AvgIpc) is 3.65. The topological polar surface area (TPSA) is 86.7 Å². The lowest BCUT2D eigenvalue weighted by molar-refractivity contribution is -0.879. The maximum atomic E-state index is 12.9. The lowest BCUT2D eigenvalue weighted by Gasteiger charge is -2.33. The zero-order valence-electron chi connectivity index (χ0n) is 27.8. The van der Waals surface area contributed by atoms with Gasteiger partial charge in [0.15, 0.2) is 11.7 Å². The van der Waals surface area contributed by atoms with Crippen LogP contribution in [0.3, 0.4) is 0 Å². The number of benzene rings is 1. The lowest BCUT2D eigenvalue weighted by Crippen LogP contribution is -2.46. The van der Waals surface area contributed by atoms with Gasteiger partial charge in [-0.05, 0) is 31.2 Å². The molecule has 1 aromatic rings. The summed E-state index contributed by atoms with van der Waals surface area (Å²) in [6.07, 6.45) is 24.5. The molecule has 246 valence electrons. The fraction of sp³-hybridized carbons (Fsp3) is 0.784. The molecule has 1 N–H and O–H groups in total. The lowest BCUT2D eigenvalue weighted by atomic mass is 9.80. The van der Waals surface area contributed by atoms with Crippen molar-refractivity contribution in [2.75, 3.05) is 27.2 Å². The number of esters is 1. The number of hydrogen-bond acceptors (Lipinski definition) is 5. The van der Waals surface area contributed by atoms with E-state index in [4.69, 9.17) is 4.74 Å². The van der Waals surface area contributed by atoms with E-state index in [1.54, 1.807) is 0 Å². The summed E-state index contributed by atoms with van der Waals surface area (Å²) in [6, 6.07) is 9.33. The van der Waals surface area contributed by atoms with Crippen molar-refractivity contribution >= 4 is 11.9 Å². The van der Waals surface area contributed by atoms with Gasteiger partial charge < -0.3 is 24.2 Å². The van der Waals surface area contributed by atoms with Gasteiger partial charge >= 0.3 is 5.97 Å². The first-order valence-corrected chi connectivity index (χ1v) is 17.7. The van der Waals surface area contributed by atoms with E-state index in [0.29, 0.717) is 5.56 Å². The molecule has 6 nitrogen and oxygen atoms in total. The van der Waals surface area contributed by atoms with Crippen molar-refractivity contribution in [3.05, 3.63) is 35.9 Å². The molecule has 0 radical (unpaired) electrons. The highest BCUT2D eigenvalue weighted by Gasteiger charge is 2.49. The molecule has 0 spiro atoms. The minimum absolute atomic E-state index is 0.0405. The number of likely N-dealkylation sites (N-methyl/N-ethyl adjacent to an activating group) is 1. The summed E-state index contributed by atoms with van der Waals surface area (Å²) in [4.78, 5) is 23.2. The number of likely N-dealkylation sites (tertiary alicyclic amines) is 1. The molecule has 0 aromatic heterocycles. The van der Waals surface area contributed by atoms with Gasteiger partial charge in [0.2, 0.25) is 0 Å². The molecule has 43 heavy (non-hydrogen) atoms. The third-order valence-electron chi connectivity index (χ3n) is 9.48. The molecule has 0 bridgehead atoms. The van der Waals surface area contributed by atoms with E-state index in [0.717, 1.165) is 62.5 Å². The number of hydrogen-bond donors (Lipinski definition) is 1. The standard InChI is InChI=1S/C19H28NO3.C18H36O2/c1-20(2)13-12-17(14-20)23-18(21)19(22,16-10-6-7-11-16)15-8-4-3-5-9-15;1-2-3-4-5-6-7-8-9-10-11-12-13-14-15-16-17-18(19)20/h3-5,8-9,16-17,22H,6-7,10-14H2,1-2H3;2-17H2,1H3,(H,19,20)/q+1;/p-1. The van der Waals surface area contributed by atoms with E-state index in [-0.39, 0.29) is 18.4 Å². The number of carboxylic acids is 1. The van der Waals surface area contributed by atoms with Gasteiger partial charge in [-0.25, -0.2) is 4.79 Å². The molecule has 1 saturated carbocycles. The Hall–Kier alpha value is -1.92. The summed E-state index contributed by atoms with van der Waals surface area (Å²) in [5.41, 5.74) is -0.832. The van der Waals surface area contributed by atoms with E-state index in [9.17, 15) is 19.8 Å². The molecule has 1 aromatic carbocycles. The SMILES string of the molecule is CCCCCCCCCCCCCCCCCC(=O)[O-].C[N+]1(C)CCC(OC(=O)C(O)(c2ccccc2)C2CCCC2)C1. The average molecular weight is 602 g/mol. The van der Waals surface area contributed by atoms with Crippen LogP contribution >= 0.6 is 0 Å². The fourth-order valence-corrected chi connectivity index (χ4v) is 6.76. The van der Waals surface area contributed by atoms with Crippen molar-refractivity contribution in [1.82, 2.24) is 0 Å². The summed E-state index contributed by atoms with van der Waals surface area (Å²) in [5, 5.41) is 21.6. The maximum absolute atomic E-state index is 12.9. The van der Waals surface area contributed by atoms with E-state index >= 15 is 0 Å². The molecule has 2 unspecified atom stereocenters. The summed E-state index contributed by atoms with van der Waals surface area (Å²) >= 11 is 0. The first kappa shape index (κ1) is 37.3. The smallest absolute Gasteiger partial charge is 0.343 e. The van der Waals surface area contributed by atoms with Crippen molar-refractivity contribution in [3.63, 3.8) is 0 Å². The summed E-state index contributed by atoms with van der Waals surface area (Å²) in [6.45, 7) is 4.09. The summed E-state index contributed by atoms with van der Waals surface area (Å²) in [5.74, 6) is -1.40. The van der Waals surface area contributed by atoms with Gasteiger partial charge in [0.05, 0.1) is 20.6 Å². The van der Waals surface area contributed by atoms with Crippen molar-refractivity contribution in [2.45, 2.75) is 153 Å². The van der Waals surface area contributed by atoms with Gasteiger partial charge in [-0.15, -0.1) is 0 Å². The van der Waals surface area contributed by atoms with E-state index < -0.39 is 17.5 Å². The Morgan fingerprint density at radius 1 is 0.814 bits per heavy atom. The van der Waals surface area contributed by atoms with Crippen LogP contribution < -0.4 is 5.11 Å². The van der Waals surface area contributed by atoms with E-state index in [1.807, 2.05) is 30.3 Å². The molecule has 1 saturated heterocycles. The zero-order chi connectivity index (χ0) is 31.4. The number of carbonyl (C=O) groups excluding carboxylic acids is 2. The minimum Gasteiger partial charge on any atom is -0.550 e. The Balaban J connectivity index is 0.000000304. The second kappa shape index (κ2) is 20.9. The Labute approximate surface area is 263 Å². The Morgan fingerprint density at radius 2 is 1.30 bits per heavy atom. The van der Waals surface area contributed by atoms with Crippen LogP contribution in [0, 0.1) is 5.92 Å². The second-order valence-electron chi connectivity index (χ2n) is 13.8. The van der Waals surface area contributed by atoms with Crippen LogP contribution in [0.1, 0.15) is 147 Å². The number of ether oxygens (including phenoxy) is 1. The number of carboxylic acid groups (broad SMARTS) is 1. The number of nitrogens with zero attached hydrogens (tertiary/aromatic N) is 1. The molecule has 1 aliphatic carbocycles. The second-order valence-corrected chi connectivity index (χ2v) is 13.8. The Morgan fingerprint density at radius 3 is 1.74 bits per heavy atom. The number of carbonyl (C=O) groups is 2. The number of aliphatic carboxylic acids is 1. The Kier molecular flexibility index (Phi) is 18.1. The minimum atomic E-state index is -1.50. The molecule has 2 atom stereocenters. The van der Waals surface area contributed by atoms with Gasteiger partial charge in [0, 0.05) is 18.3 Å². The van der Waals surface area contributed by atoms with Crippen molar-refractivity contribution in [3.8, 4) is 0 Å². The zero-order valence-corrected chi connectivity index (χ0v) is 27.8. The largest absolute Gasteiger partial charge is 0.550 e. The highest BCUT2D eigenvalue weighted by atomic mass is 16.6. The van der Waals surface area contributed by atoms with Gasteiger partial charge in [0.25, 0.3) is 0 Å². The van der Waals surface area contributed by atoms with E-state index in [2.05, 4.69) is 21.0 Å². The number of aliphatic hydroxyl groups is 1. The normalized spacial score (nSPS) is 19.4. The van der Waals surface area contributed by atoms with Crippen LogP contribution in [-0.2, 0) is 19.9 Å². The molecule has 2 fully saturated rings.